The molecule has 134 valence electrons. The Hall–Kier alpha value is -0.200. The molecule has 0 aliphatic carbocycles. The number of hydrogen-bond acceptors (Lipinski definition) is 5. The molecule has 0 amide bonds. The molecule has 22 heavy (non-hydrogen) atoms. The molecule has 0 radical (unpaired) electrons. The van der Waals surface area contributed by atoms with Crippen molar-refractivity contribution in [1.82, 2.24) is 10.7 Å². The number of nitrogens with zero attached hydrogens (tertiary/aromatic N) is 1. The lowest BCUT2D eigenvalue weighted by atomic mass is 9.84. The summed E-state index contributed by atoms with van der Waals surface area (Å²) in [6, 6.07) is -0.555. The average molecular weight is 319 g/mol. The molecule has 0 rings (SSSR count). The minimum atomic E-state index is -0.663. The van der Waals surface area contributed by atoms with Crippen LogP contribution < -0.4 is 5.48 Å². The van der Waals surface area contributed by atoms with Crippen molar-refractivity contribution in [1.29, 1.82) is 0 Å². The van der Waals surface area contributed by atoms with Gasteiger partial charge in [-0.2, -0.15) is 5.48 Å². The van der Waals surface area contributed by atoms with E-state index in [9.17, 15) is 15.6 Å². The predicted octanol–water partition coefficient (Wildman–Crippen LogP) is 4.89. The summed E-state index contributed by atoms with van der Waals surface area (Å²) in [5.74, 6) is 0. The fourth-order valence-corrected chi connectivity index (χ4v) is 3.06. The van der Waals surface area contributed by atoms with E-state index in [1.54, 1.807) is 6.92 Å². The lowest BCUT2D eigenvalue weighted by Crippen LogP contribution is -2.57. The summed E-state index contributed by atoms with van der Waals surface area (Å²) in [6.07, 6.45) is 14.0. The summed E-state index contributed by atoms with van der Waals surface area (Å²) >= 11 is 0. The Bertz CT molecular complexity index is 246. The maximum absolute atomic E-state index is 9.44. The first kappa shape index (κ1) is 21.8. The molecule has 0 aliphatic rings. The molecule has 2 atom stereocenters. The van der Waals surface area contributed by atoms with Gasteiger partial charge in [-0.25, -0.2) is 0 Å². The van der Waals surface area contributed by atoms with E-state index >= 15 is 0 Å². The van der Waals surface area contributed by atoms with Crippen LogP contribution >= 0.6 is 0 Å². The van der Waals surface area contributed by atoms with Crippen LogP contribution in [0.5, 0.6) is 0 Å². The van der Waals surface area contributed by atoms with Crippen LogP contribution in [0.4, 0.5) is 0 Å². The van der Waals surface area contributed by atoms with Crippen LogP contribution in [0, 0.1) is 0 Å². The predicted molar refractivity (Wildman–Crippen MR) is 89.3 cm³/mol. The lowest BCUT2D eigenvalue weighted by molar-refractivity contribution is -0.343. The number of hydroxylamine groups is 3. The van der Waals surface area contributed by atoms with Crippen molar-refractivity contribution in [2.45, 2.75) is 109 Å². The van der Waals surface area contributed by atoms with Crippen molar-refractivity contribution in [3.8, 4) is 0 Å². The van der Waals surface area contributed by atoms with E-state index in [0.29, 0.717) is 6.42 Å². The van der Waals surface area contributed by atoms with Crippen LogP contribution in [0.1, 0.15) is 97.8 Å². The third kappa shape index (κ3) is 8.44. The summed E-state index contributed by atoms with van der Waals surface area (Å²) in [7, 11) is 0. The van der Waals surface area contributed by atoms with Crippen LogP contribution in [0.3, 0.4) is 0 Å². The second-order valence-corrected chi connectivity index (χ2v) is 6.55. The molecule has 5 nitrogen and oxygen atoms in total. The van der Waals surface area contributed by atoms with Crippen molar-refractivity contribution in [3.63, 3.8) is 0 Å². The van der Waals surface area contributed by atoms with Crippen molar-refractivity contribution >= 4 is 0 Å². The maximum Gasteiger partial charge on any atom is 0.0799 e. The highest BCUT2D eigenvalue weighted by molar-refractivity contribution is 4.91. The summed E-state index contributed by atoms with van der Waals surface area (Å²) in [5, 5.41) is 28.1. The zero-order valence-corrected chi connectivity index (χ0v) is 14.9. The van der Waals surface area contributed by atoms with Gasteiger partial charge in [0.15, 0.2) is 0 Å². The van der Waals surface area contributed by atoms with Gasteiger partial charge >= 0.3 is 0 Å². The van der Waals surface area contributed by atoms with E-state index in [1.165, 1.54) is 51.4 Å². The zero-order valence-electron chi connectivity index (χ0n) is 14.9. The van der Waals surface area contributed by atoms with E-state index in [1.807, 2.05) is 6.92 Å². The normalized spacial score (nSPS) is 16.0. The first-order valence-corrected chi connectivity index (χ1v) is 9.12. The van der Waals surface area contributed by atoms with Crippen LogP contribution in [0.25, 0.3) is 0 Å². The van der Waals surface area contributed by atoms with Gasteiger partial charge < -0.3 is 5.21 Å². The summed E-state index contributed by atoms with van der Waals surface area (Å²) < 4.78 is 0. The molecule has 0 aliphatic heterocycles. The number of nitrogens with one attached hydrogen (secondary N) is 1. The first-order chi connectivity index (χ1) is 10.5. The van der Waals surface area contributed by atoms with Gasteiger partial charge in [-0.1, -0.05) is 83.3 Å². The highest BCUT2D eigenvalue weighted by atomic mass is 16.8. The molecule has 5 heteroatoms. The zero-order chi connectivity index (χ0) is 16.8. The SMILES string of the molecule is CCCCCCCCCCCCC(CC)(NO)C(C)N(O)O. The fraction of sp³-hybridized carbons (Fsp3) is 1.00. The molecule has 0 saturated heterocycles. The monoisotopic (exact) mass is 318 g/mol. The minimum Gasteiger partial charge on any atom is -0.316 e. The van der Waals surface area contributed by atoms with E-state index in [-0.39, 0.29) is 5.23 Å². The Kier molecular flexibility index (Phi) is 13.1. The van der Waals surface area contributed by atoms with E-state index < -0.39 is 11.6 Å². The van der Waals surface area contributed by atoms with Gasteiger partial charge in [0, 0.05) is 0 Å². The summed E-state index contributed by atoms with van der Waals surface area (Å²) in [5.41, 5.74) is 1.65. The van der Waals surface area contributed by atoms with Crippen LogP contribution in [0.2, 0.25) is 0 Å². The Balaban J connectivity index is 3.78. The van der Waals surface area contributed by atoms with Gasteiger partial charge in [-0.3, -0.25) is 10.4 Å². The molecule has 0 bridgehead atoms. The van der Waals surface area contributed by atoms with Gasteiger partial charge in [-0.15, -0.1) is 0 Å². The highest BCUT2D eigenvalue weighted by Gasteiger charge is 2.36. The van der Waals surface area contributed by atoms with Crippen LogP contribution in [0.15, 0.2) is 0 Å². The molecular formula is C17H38N2O3. The molecule has 0 spiro atoms. The van der Waals surface area contributed by atoms with Gasteiger partial charge in [-0.05, 0) is 19.8 Å². The van der Waals surface area contributed by atoms with Crippen molar-refractivity contribution in [3.05, 3.63) is 0 Å². The van der Waals surface area contributed by atoms with Gasteiger partial charge in [0.25, 0.3) is 0 Å². The first-order valence-electron chi connectivity index (χ1n) is 9.12. The van der Waals surface area contributed by atoms with Gasteiger partial charge in [0.1, 0.15) is 0 Å². The summed E-state index contributed by atoms with van der Waals surface area (Å²) in [6.45, 7) is 5.88. The molecule has 0 aromatic carbocycles. The van der Waals surface area contributed by atoms with E-state index in [0.717, 1.165) is 19.3 Å². The summed E-state index contributed by atoms with van der Waals surface area (Å²) in [4.78, 5) is 0. The molecule has 0 fully saturated rings. The molecular weight excluding hydrogens is 280 g/mol. The topological polar surface area (TPSA) is 76.0 Å². The van der Waals surface area contributed by atoms with Gasteiger partial charge in [0.05, 0.1) is 11.6 Å². The van der Waals surface area contributed by atoms with Gasteiger partial charge in [0.2, 0.25) is 0 Å². The molecule has 0 saturated carbocycles. The average Bonchev–Trinajstić information content (AvgIpc) is 2.52. The third-order valence-electron chi connectivity index (χ3n) is 4.98. The molecule has 2 unspecified atom stereocenters. The van der Waals surface area contributed by atoms with Crippen LogP contribution in [-0.2, 0) is 0 Å². The molecule has 0 heterocycles. The Morgan fingerprint density at radius 1 is 0.864 bits per heavy atom. The largest absolute Gasteiger partial charge is 0.316 e. The quantitative estimate of drug-likeness (QED) is 0.255. The molecule has 4 N–H and O–H groups in total. The van der Waals surface area contributed by atoms with Crippen LogP contribution in [-0.4, -0.2) is 32.4 Å². The van der Waals surface area contributed by atoms with Crippen molar-refractivity contribution in [2.75, 3.05) is 0 Å². The lowest BCUT2D eigenvalue weighted by Gasteiger charge is -2.38. The highest BCUT2D eigenvalue weighted by Crippen LogP contribution is 2.25. The Labute approximate surface area is 136 Å². The standard InChI is InChI=1S/C17H38N2O3/c1-4-6-7-8-9-10-11-12-13-14-15-17(5-2,18-20)16(3)19(21)22/h16,18,20-22H,4-15H2,1-3H3. The number of hydrogen-bond donors (Lipinski definition) is 4. The molecule has 0 aromatic rings. The van der Waals surface area contributed by atoms with E-state index in [2.05, 4.69) is 12.4 Å². The van der Waals surface area contributed by atoms with E-state index in [4.69, 9.17) is 0 Å². The molecule has 0 aromatic heterocycles. The number of rotatable bonds is 15. The maximum atomic E-state index is 9.44. The second-order valence-electron chi connectivity index (χ2n) is 6.55. The van der Waals surface area contributed by atoms with Crippen molar-refractivity contribution < 1.29 is 15.6 Å². The van der Waals surface area contributed by atoms with Crippen molar-refractivity contribution in [2.24, 2.45) is 0 Å². The third-order valence-corrected chi connectivity index (χ3v) is 4.98. The Morgan fingerprint density at radius 3 is 1.68 bits per heavy atom. The Morgan fingerprint density at radius 2 is 1.32 bits per heavy atom. The fourth-order valence-electron chi connectivity index (χ4n) is 3.06. The smallest absolute Gasteiger partial charge is 0.0799 e. The number of unbranched alkanes of at least 4 members (excludes halogenated alkanes) is 9. The second kappa shape index (κ2) is 13.3. The minimum absolute atomic E-state index is 0.197.